The van der Waals surface area contributed by atoms with Crippen molar-refractivity contribution in [2.75, 3.05) is 19.3 Å². The SMILES string of the molecule is CSN1CCC(C(=O)NC2CC3(C2)CC(c2nc4cc(Cl)ccc4o2)C3)C1. The van der Waals surface area contributed by atoms with Gasteiger partial charge in [-0.05, 0) is 62.0 Å². The average molecular weight is 406 g/mol. The van der Waals surface area contributed by atoms with Crippen LogP contribution >= 0.6 is 23.5 Å². The Morgan fingerprint density at radius 3 is 2.93 bits per heavy atom. The Labute approximate surface area is 168 Å². The number of nitrogens with one attached hydrogen (secondary N) is 1. The van der Waals surface area contributed by atoms with Gasteiger partial charge >= 0.3 is 0 Å². The minimum Gasteiger partial charge on any atom is -0.440 e. The van der Waals surface area contributed by atoms with E-state index in [9.17, 15) is 4.79 Å². The third kappa shape index (κ3) is 3.26. The molecule has 7 heteroatoms. The molecule has 1 spiro atoms. The number of hydrogen-bond donors (Lipinski definition) is 1. The summed E-state index contributed by atoms with van der Waals surface area (Å²) in [6.45, 7) is 1.90. The fraction of sp³-hybridized carbons (Fsp3) is 0.600. The van der Waals surface area contributed by atoms with Crippen LogP contribution in [0.2, 0.25) is 5.02 Å². The molecule has 2 saturated carbocycles. The van der Waals surface area contributed by atoms with E-state index in [-0.39, 0.29) is 11.8 Å². The summed E-state index contributed by atoms with van der Waals surface area (Å²) in [4.78, 5) is 17.1. The zero-order valence-electron chi connectivity index (χ0n) is 15.4. The van der Waals surface area contributed by atoms with Crippen LogP contribution in [0.1, 0.15) is 43.9 Å². The van der Waals surface area contributed by atoms with Gasteiger partial charge in [-0.3, -0.25) is 9.10 Å². The molecule has 2 aliphatic carbocycles. The van der Waals surface area contributed by atoms with Crippen LogP contribution in [0.25, 0.3) is 11.1 Å². The molecule has 27 heavy (non-hydrogen) atoms. The first-order valence-electron chi connectivity index (χ1n) is 9.69. The topological polar surface area (TPSA) is 58.4 Å². The highest BCUT2D eigenvalue weighted by Crippen LogP contribution is 2.61. The summed E-state index contributed by atoms with van der Waals surface area (Å²) in [6.07, 6.45) is 7.48. The Bertz CT molecular complexity index is 871. The number of nitrogens with zero attached hydrogens (tertiary/aromatic N) is 2. The molecule has 144 valence electrons. The molecule has 3 fully saturated rings. The van der Waals surface area contributed by atoms with Crippen molar-refractivity contribution in [1.29, 1.82) is 0 Å². The molecular formula is C20H24ClN3O2S. The number of rotatable bonds is 4. The molecule has 1 aromatic carbocycles. The van der Waals surface area contributed by atoms with Gasteiger partial charge in [0.1, 0.15) is 5.52 Å². The fourth-order valence-corrected chi connectivity index (χ4v) is 5.88. The van der Waals surface area contributed by atoms with Gasteiger partial charge in [-0.2, -0.15) is 0 Å². The number of fused-ring (bicyclic) bond motifs is 1. The minimum atomic E-state index is 0.162. The summed E-state index contributed by atoms with van der Waals surface area (Å²) in [6, 6.07) is 5.93. The van der Waals surface area contributed by atoms with Crippen LogP contribution in [-0.2, 0) is 4.79 Å². The second kappa shape index (κ2) is 6.68. The molecule has 1 amide bonds. The van der Waals surface area contributed by atoms with Crippen molar-refractivity contribution in [2.24, 2.45) is 11.3 Å². The van der Waals surface area contributed by atoms with E-state index in [0.29, 0.717) is 22.4 Å². The number of hydrogen-bond acceptors (Lipinski definition) is 5. The zero-order valence-corrected chi connectivity index (χ0v) is 17.0. The smallest absolute Gasteiger partial charge is 0.224 e. The lowest BCUT2D eigenvalue weighted by Crippen LogP contribution is -2.56. The number of aromatic nitrogens is 1. The van der Waals surface area contributed by atoms with E-state index >= 15 is 0 Å². The van der Waals surface area contributed by atoms with Gasteiger partial charge in [0.05, 0.1) is 5.92 Å². The predicted molar refractivity (Wildman–Crippen MR) is 108 cm³/mol. The Morgan fingerprint density at radius 2 is 2.19 bits per heavy atom. The molecule has 1 unspecified atom stereocenters. The molecule has 0 radical (unpaired) electrons. The minimum absolute atomic E-state index is 0.162. The molecular weight excluding hydrogens is 382 g/mol. The molecule has 2 aromatic rings. The van der Waals surface area contributed by atoms with Crippen molar-refractivity contribution in [3.8, 4) is 0 Å². The van der Waals surface area contributed by atoms with Gasteiger partial charge in [-0.25, -0.2) is 4.98 Å². The van der Waals surface area contributed by atoms with Gasteiger partial charge < -0.3 is 9.73 Å². The standard InChI is InChI=1S/C20H24ClN3O2S/c1-27-24-5-4-12(11-24)18(25)22-15-9-20(10-15)7-13(8-20)19-23-16-6-14(21)2-3-17(16)26-19/h2-3,6,12-13,15H,4-5,7-11H2,1H3,(H,22,25). The van der Waals surface area contributed by atoms with Crippen molar-refractivity contribution in [2.45, 2.75) is 44.1 Å². The van der Waals surface area contributed by atoms with Crippen LogP contribution in [0, 0.1) is 11.3 Å². The lowest BCUT2D eigenvalue weighted by atomic mass is 9.50. The Balaban J connectivity index is 1.12. The number of benzene rings is 1. The van der Waals surface area contributed by atoms with Crippen molar-refractivity contribution >= 4 is 40.6 Å². The first kappa shape index (κ1) is 17.8. The molecule has 0 bridgehead atoms. The highest BCUT2D eigenvalue weighted by Gasteiger charge is 2.55. The Hall–Kier alpha value is -1.24. The molecule has 1 atom stereocenters. The highest BCUT2D eigenvalue weighted by atomic mass is 35.5. The fourth-order valence-electron chi connectivity index (χ4n) is 5.10. The molecule has 5 nitrogen and oxygen atoms in total. The maximum atomic E-state index is 12.5. The quantitative estimate of drug-likeness (QED) is 0.771. The molecule has 3 aliphatic rings. The third-order valence-electron chi connectivity index (χ3n) is 6.56. The lowest BCUT2D eigenvalue weighted by molar-refractivity contribution is -0.128. The predicted octanol–water partition coefficient (Wildman–Crippen LogP) is 4.22. The van der Waals surface area contributed by atoms with Gasteiger partial charge in [0.15, 0.2) is 11.5 Å². The van der Waals surface area contributed by atoms with E-state index in [4.69, 9.17) is 16.0 Å². The summed E-state index contributed by atoms with van der Waals surface area (Å²) in [5.41, 5.74) is 2.04. The molecule has 1 saturated heterocycles. The van der Waals surface area contributed by atoms with Crippen LogP contribution in [0.4, 0.5) is 0 Å². The maximum absolute atomic E-state index is 12.5. The first-order chi connectivity index (χ1) is 13.0. The normalized spacial score (nSPS) is 33.2. The van der Waals surface area contributed by atoms with Crippen LogP contribution in [-0.4, -0.2) is 40.6 Å². The first-order valence-corrected chi connectivity index (χ1v) is 11.2. The molecule has 1 aliphatic heterocycles. The maximum Gasteiger partial charge on any atom is 0.224 e. The van der Waals surface area contributed by atoms with E-state index in [0.717, 1.165) is 62.2 Å². The van der Waals surface area contributed by atoms with Crippen molar-refractivity contribution in [1.82, 2.24) is 14.6 Å². The molecule has 2 heterocycles. The van der Waals surface area contributed by atoms with Crippen molar-refractivity contribution in [3.05, 3.63) is 29.1 Å². The second-order valence-electron chi connectivity index (χ2n) is 8.44. The van der Waals surface area contributed by atoms with Gasteiger partial charge in [0, 0.05) is 30.1 Å². The van der Waals surface area contributed by atoms with E-state index in [1.165, 1.54) is 0 Å². The number of carbonyl (C=O) groups is 1. The third-order valence-corrected chi connectivity index (χ3v) is 7.64. The summed E-state index contributed by atoms with van der Waals surface area (Å²) >= 11 is 7.77. The number of halogens is 1. The number of amides is 1. The zero-order chi connectivity index (χ0) is 18.6. The highest BCUT2D eigenvalue weighted by molar-refractivity contribution is 7.96. The van der Waals surface area contributed by atoms with Gasteiger partial charge in [0.2, 0.25) is 5.91 Å². The Kier molecular flexibility index (Phi) is 4.41. The van der Waals surface area contributed by atoms with E-state index < -0.39 is 0 Å². The summed E-state index contributed by atoms with van der Waals surface area (Å²) in [5, 5.41) is 3.97. The number of oxazole rings is 1. The summed E-state index contributed by atoms with van der Waals surface area (Å²) in [7, 11) is 0. The van der Waals surface area contributed by atoms with Crippen LogP contribution in [0.15, 0.2) is 22.6 Å². The van der Waals surface area contributed by atoms with Crippen LogP contribution < -0.4 is 5.32 Å². The van der Waals surface area contributed by atoms with E-state index in [1.807, 2.05) is 18.2 Å². The van der Waals surface area contributed by atoms with Crippen molar-refractivity contribution in [3.63, 3.8) is 0 Å². The van der Waals surface area contributed by atoms with Gasteiger partial charge in [0.25, 0.3) is 0 Å². The van der Waals surface area contributed by atoms with Gasteiger partial charge in [-0.15, -0.1) is 0 Å². The van der Waals surface area contributed by atoms with Gasteiger partial charge in [-0.1, -0.05) is 23.5 Å². The summed E-state index contributed by atoms with van der Waals surface area (Å²) < 4.78 is 8.20. The monoisotopic (exact) mass is 405 g/mol. The molecule has 1 aromatic heterocycles. The lowest BCUT2D eigenvalue weighted by Gasteiger charge is -2.57. The Morgan fingerprint density at radius 1 is 1.37 bits per heavy atom. The second-order valence-corrected chi connectivity index (χ2v) is 9.76. The van der Waals surface area contributed by atoms with Crippen LogP contribution in [0.3, 0.4) is 0 Å². The number of carbonyl (C=O) groups excluding carboxylic acids is 1. The molecule has 1 N–H and O–H groups in total. The van der Waals surface area contributed by atoms with Crippen LogP contribution in [0.5, 0.6) is 0 Å². The molecule has 5 rings (SSSR count). The van der Waals surface area contributed by atoms with Crippen molar-refractivity contribution < 1.29 is 9.21 Å². The largest absolute Gasteiger partial charge is 0.440 e. The van der Waals surface area contributed by atoms with E-state index in [1.54, 1.807) is 11.9 Å². The van der Waals surface area contributed by atoms with E-state index in [2.05, 4.69) is 20.9 Å². The summed E-state index contributed by atoms with van der Waals surface area (Å²) in [5.74, 6) is 1.65. The average Bonchev–Trinajstić information content (AvgIpc) is 3.21.